The number of pyridine rings is 1. The number of piperidine rings is 1. The van der Waals surface area contributed by atoms with Crippen LogP contribution in [0.25, 0.3) is 0 Å². The van der Waals surface area contributed by atoms with E-state index in [2.05, 4.69) is 10.3 Å². The summed E-state index contributed by atoms with van der Waals surface area (Å²) in [5.74, 6) is 0.484. The average molecular weight is 236 g/mol. The van der Waals surface area contributed by atoms with Crippen LogP contribution < -0.4 is 10.2 Å². The molecule has 17 heavy (non-hydrogen) atoms. The lowest BCUT2D eigenvalue weighted by Crippen LogP contribution is -2.44. The number of hydrogen-bond acceptors (Lipinski definition) is 5. The topological polar surface area (TPSA) is 71.3 Å². The fraction of sp³-hybridized carbons (Fsp3) is 0.545. The third-order valence-electron chi connectivity index (χ3n) is 3.09. The Kier molecular flexibility index (Phi) is 3.53. The van der Waals surface area contributed by atoms with E-state index in [1.165, 1.54) is 6.07 Å². The van der Waals surface area contributed by atoms with Gasteiger partial charge in [-0.3, -0.25) is 10.1 Å². The van der Waals surface area contributed by atoms with Crippen LogP contribution in [0, 0.1) is 10.1 Å². The predicted molar refractivity (Wildman–Crippen MR) is 65.2 cm³/mol. The van der Waals surface area contributed by atoms with E-state index in [0.29, 0.717) is 11.9 Å². The molecule has 1 saturated heterocycles. The molecular formula is C11H16N4O2. The zero-order chi connectivity index (χ0) is 12.3. The Morgan fingerprint density at radius 2 is 2.47 bits per heavy atom. The van der Waals surface area contributed by atoms with E-state index in [9.17, 15) is 10.1 Å². The van der Waals surface area contributed by atoms with Crippen molar-refractivity contribution in [2.24, 2.45) is 0 Å². The first-order chi connectivity index (χ1) is 8.22. The smallest absolute Gasteiger partial charge is 0.311 e. The Bertz CT molecular complexity index is 410. The highest BCUT2D eigenvalue weighted by Gasteiger charge is 2.25. The van der Waals surface area contributed by atoms with Gasteiger partial charge in [0.1, 0.15) is 0 Å². The molecule has 2 heterocycles. The van der Waals surface area contributed by atoms with E-state index in [4.69, 9.17) is 0 Å². The maximum absolute atomic E-state index is 10.9. The van der Waals surface area contributed by atoms with Gasteiger partial charge in [-0.05, 0) is 26.0 Å². The lowest BCUT2D eigenvalue weighted by atomic mass is 10.1. The van der Waals surface area contributed by atoms with Crippen molar-refractivity contribution in [3.63, 3.8) is 0 Å². The van der Waals surface area contributed by atoms with E-state index in [0.717, 1.165) is 25.9 Å². The summed E-state index contributed by atoms with van der Waals surface area (Å²) in [5.41, 5.74) is 0.0873. The molecule has 92 valence electrons. The molecule has 0 aliphatic carbocycles. The van der Waals surface area contributed by atoms with Crippen LogP contribution in [-0.4, -0.2) is 36.1 Å². The van der Waals surface area contributed by atoms with E-state index >= 15 is 0 Å². The van der Waals surface area contributed by atoms with Crippen LogP contribution in [0.5, 0.6) is 0 Å². The molecule has 6 heteroatoms. The number of hydrogen-bond donors (Lipinski definition) is 1. The molecule has 6 nitrogen and oxygen atoms in total. The molecule has 2 rings (SSSR count). The second-order valence-corrected chi connectivity index (χ2v) is 4.18. The standard InChI is InChI=1S/C11H16N4O2/c1-12-9-4-3-7-14(8-9)11-10(15(16)17)5-2-6-13-11/h2,5-6,9,12H,3-4,7-8H2,1H3. The Morgan fingerprint density at radius 1 is 1.65 bits per heavy atom. The summed E-state index contributed by atoms with van der Waals surface area (Å²) in [6.07, 6.45) is 3.73. The highest BCUT2D eigenvalue weighted by atomic mass is 16.6. The van der Waals surface area contributed by atoms with Crippen molar-refractivity contribution in [3.8, 4) is 0 Å². The van der Waals surface area contributed by atoms with Crippen molar-refractivity contribution >= 4 is 11.5 Å². The van der Waals surface area contributed by atoms with Gasteiger partial charge in [0.15, 0.2) is 0 Å². The van der Waals surface area contributed by atoms with Crippen molar-refractivity contribution in [2.45, 2.75) is 18.9 Å². The minimum Gasteiger partial charge on any atom is -0.349 e. The van der Waals surface area contributed by atoms with Crippen molar-refractivity contribution < 1.29 is 4.92 Å². The maximum atomic E-state index is 10.9. The average Bonchev–Trinajstić information content (AvgIpc) is 2.39. The van der Waals surface area contributed by atoms with Gasteiger partial charge in [0.05, 0.1) is 4.92 Å². The first-order valence-electron chi connectivity index (χ1n) is 5.74. The molecule has 1 fully saturated rings. The van der Waals surface area contributed by atoms with Gasteiger partial charge in [0.2, 0.25) is 5.82 Å². The second kappa shape index (κ2) is 5.09. The molecule has 1 atom stereocenters. The van der Waals surface area contributed by atoms with E-state index < -0.39 is 0 Å². The predicted octanol–water partition coefficient (Wildman–Crippen LogP) is 1.18. The third kappa shape index (κ3) is 2.52. The van der Waals surface area contributed by atoms with Gasteiger partial charge in [0, 0.05) is 31.4 Å². The Hall–Kier alpha value is -1.69. The highest BCUT2D eigenvalue weighted by molar-refractivity contribution is 5.57. The van der Waals surface area contributed by atoms with Gasteiger partial charge in [-0.25, -0.2) is 4.98 Å². The van der Waals surface area contributed by atoms with Crippen molar-refractivity contribution in [1.82, 2.24) is 10.3 Å². The van der Waals surface area contributed by atoms with E-state index in [-0.39, 0.29) is 10.6 Å². The molecule has 1 aromatic rings. The number of nitro groups is 1. The Labute approximate surface area is 99.8 Å². The van der Waals surface area contributed by atoms with E-state index in [1.54, 1.807) is 12.3 Å². The molecule has 1 aliphatic heterocycles. The zero-order valence-corrected chi connectivity index (χ0v) is 9.80. The monoisotopic (exact) mass is 236 g/mol. The fourth-order valence-electron chi connectivity index (χ4n) is 2.18. The molecule has 1 aromatic heterocycles. The van der Waals surface area contributed by atoms with Gasteiger partial charge >= 0.3 is 5.69 Å². The molecule has 0 amide bonds. The number of nitrogens with zero attached hydrogens (tertiary/aromatic N) is 3. The summed E-state index contributed by atoms with van der Waals surface area (Å²) in [4.78, 5) is 16.7. The number of likely N-dealkylation sites (N-methyl/N-ethyl adjacent to an activating group) is 1. The summed E-state index contributed by atoms with van der Waals surface area (Å²) in [7, 11) is 1.92. The van der Waals surface area contributed by atoms with Crippen LogP contribution in [0.1, 0.15) is 12.8 Å². The van der Waals surface area contributed by atoms with Gasteiger partial charge in [-0.2, -0.15) is 0 Å². The molecule has 1 unspecified atom stereocenters. The molecule has 0 radical (unpaired) electrons. The third-order valence-corrected chi connectivity index (χ3v) is 3.09. The molecule has 0 bridgehead atoms. The van der Waals surface area contributed by atoms with Crippen molar-refractivity contribution in [1.29, 1.82) is 0 Å². The summed E-state index contributed by atoms with van der Waals surface area (Å²) < 4.78 is 0. The number of anilines is 1. The molecule has 0 aromatic carbocycles. The van der Waals surface area contributed by atoms with Crippen molar-refractivity contribution in [2.75, 3.05) is 25.0 Å². The second-order valence-electron chi connectivity index (χ2n) is 4.18. The first kappa shape index (κ1) is 11.8. The first-order valence-corrected chi connectivity index (χ1v) is 5.74. The minimum absolute atomic E-state index is 0.0873. The quantitative estimate of drug-likeness (QED) is 0.630. The zero-order valence-electron chi connectivity index (χ0n) is 9.80. The van der Waals surface area contributed by atoms with Crippen LogP contribution in [0.3, 0.4) is 0 Å². The van der Waals surface area contributed by atoms with Gasteiger partial charge in [-0.1, -0.05) is 0 Å². The van der Waals surface area contributed by atoms with E-state index in [1.807, 2.05) is 11.9 Å². The molecule has 1 aliphatic rings. The summed E-state index contributed by atoms with van der Waals surface area (Å²) in [6.45, 7) is 1.60. The summed E-state index contributed by atoms with van der Waals surface area (Å²) in [6, 6.07) is 3.48. The molecule has 0 saturated carbocycles. The fourth-order valence-corrected chi connectivity index (χ4v) is 2.18. The molecule has 1 N–H and O–H groups in total. The lowest BCUT2D eigenvalue weighted by molar-refractivity contribution is -0.384. The largest absolute Gasteiger partial charge is 0.349 e. The van der Waals surface area contributed by atoms with Crippen LogP contribution >= 0.6 is 0 Å². The van der Waals surface area contributed by atoms with Crippen LogP contribution in [0.2, 0.25) is 0 Å². The highest BCUT2D eigenvalue weighted by Crippen LogP contribution is 2.27. The van der Waals surface area contributed by atoms with Crippen LogP contribution in [0.4, 0.5) is 11.5 Å². The molecular weight excluding hydrogens is 220 g/mol. The van der Waals surface area contributed by atoms with Crippen LogP contribution in [0.15, 0.2) is 18.3 Å². The number of aromatic nitrogens is 1. The van der Waals surface area contributed by atoms with Crippen LogP contribution in [-0.2, 0) is 0 Å². The number of nitrogens with one attached hydrogen (secondary N) is 1. The summed E-state index contributed by atoms with van der Waals surface area (Å²) >= 11 is 0. The number of rotatable bonds is 3. The Balaban J connectivity index is 2.24. The Morgan fingerprint density at radius 3 is 3.18 bits per heavy atom. The minimum atomic E-state index is -0.370. The maximum Gasteiger partial charge on any atom is 0.311 e. The van der Waals surface area contributed by atoms with Gasteiger partial charge in [-0.15, -0.1) is 0 Å². The molecule has 0 spiro atoms. The SMILES string of the molecule is CNC1CCCN(c2ncccc2[N+](=O)[O-])C1. The normalized spacial score (nSPS) is 20.3. The van der Waals surface area contributed by atoms with Gasteiger partial charge < -0.3 is 10.2 Å². The summed E-state index contributed by atoms with van der Waals surface area (Å²) in [5, 5.41) is 14.2. The van der Waals surface area contributed by atoms with Crippen molar-refractivity contribution in [3.05, 3.63) is 28.4 Å². The lowest BCUT2D eigenvalue weighted by Gasteiger charge is -2.32. The van der Waals surface area contributed by atoms with Gasteiger partial charge in [0.25, 0.3) is 0 Å².